The number of hydrogen-bond donors (Lipinski definition) is 2. The maximum absolute atomic E-state index is 11.5. The van der Waals surface area contributed by atoms with E-state index in [-0.39, 0.29) is 5.91 Å². The second-order valence-electron chi connectivity index (χ2n) is 4.58. The molecule has 1 aromatic carbocycles. The summed E-state index contributed by atoms with van der Waals surface area (Å²) in [6.45, 7) is 0.585. The molecule has 104 valence electrons. The molecule has 0 unspecified atom stereocenters. The first-order valence-corrected chi connectivity index (χ1v) is 6.48. The molecule has 0 heterocycles. The minimum absolute atomic E-state index is 0.0995. The third-order valence-corrected chi connectivity index (χ3v) is 3.02. The molecule has 0 radical (unpaired) electrons. The highest BCUT2D eigenvalue weighted by Crippen LogP contribution is 2.28. The largest absolute Gasteiger partial charge is 0.497 e. The van der Waals surface area contributed by atoms with Gasteiger partial charge in [0.1, 0.15) is 11.5 Å². The molecule has 2 rings (SSSR count). The fourth-order valence-electron chi connectivity index (χ4n) is 1.78. The highest BCUT2D eigenvalue weighted by Gasteiger charge is 2.22. The van der Waals surface area contributed by atoms with Gasteiger partial charge in [0.25, 0.3) is 0 Å². The van der Waals surface area contributed by atoms with Crippen LogP contribution in [0.2, 0.25) is 0 Å². The van der Waals surface area contributed by atoms with Gasteiger partial charge >= 0.3 is 0 Å². The summed E-state index contributed by atoms with van der Waals surface area (Å²) in [6.07, 6.45) is 2.70. The molecular weight excluding hydrogens is 244 g/mol. The first kappa shape index (κ1) is 13.5. The molecule has 2 N–H and O–H groups in total. The molecule has 1 aliphatic carbocycles. The van der Waals surface area contributed by atoms with E-state index in [1.165, 1.54) is 0 Å². The van der Waals surface area contributed by atoms with E-state index < -0.39 is 0 Å². The molecule has 0 aromatic heterocycles. The zero-order valence-electron chi connectivity index (χ0n) is 11.4. The van der Waals surface area contributed by atoms with E-state index in [9.17, 15) is 4.79 Å². The molecule has 1 amide bonds. The lowest BCUT2D eigenvalue weighted by Gasteiger charge is -2.12. The van der Waals surface area contributed by atoms with Crippen LogP contribution in [0, 0.1) is 0 Å². The Morgan fingerprint density at radius 1 is 1.32 bits per heavy atom. The summed E-state index contributed by atoms with van der Waals surface area (Å²) >= 11 is 0. The fraction of sp³-hybridized carbons (Fsp3) is 0.500. The summed E-state index contributed by atoms with van der Waals surface area (Å²) in [5.41, 5.74) is 0.863. The van der Waals surface area contributed by atoms with Crippen LogP contribution >= 0.6 is 0 Å². The van der Waals surface area contributed by atoms with Gasteiger partial charge in [-0.2, -0.15) is 0 Å². The van der Waals surface area contributed by atoms with E-state index >= 15 is 0 Å². The number of amides is 1. The van der Waals surface area contributed by atoms with Crippen LogP contribution in [0.4, 0.5) is 5.69 Å². The van der Waals surface area contributed by atoms with E-state index in [2.05, 4.69) is 10.6 Å². The smallest absolute Gasteiger partial charge is 0.221 e. The van der Waals surface area contributed by atoms with Crippen molar-refractivity contribution in [3.8, 4) is 11.5 Å². The van der Waals surface area contributed by atoms with Gasteiger partial charge in [-0.25, -0.2) is 0 Å². The van der Waals surface area contributed by atoms with Crippen LogP contribution in [0.25, 0.3) is 0 Å². The molecular formula is C14H20N2O3. The number of carbonyl (C=O) groups is 1. The number of nitrogens with one attached hydrogen (secondary N) is 2. The number of rotatable bonds is 7. The molecule has 0 spiro atoms. The van der Waals surface area contributed by atoms with Crippen molar-refractivity contribution in [1.82, 2.24) is 5.32 Å². The average Bonchev–Trinajstić information content (AvgIpc) is 3.22. The number of ether oxygens (including phenoxy) is 2. The van der Waals surface area contributed by atoms with Crippen molar-refractivity contribution in [3.63, 3.8) is 0 Å². The zero-order chi connectivity index (χ0) is 13.7. The van der Waals surface area contributed by atoms with Crippen LogP contribution in [0.15, 0.2) is 18.2 Å². The Kier molecular flexibility index (Phi) is 4.49. The summed E-state index contributed by atoms with van der Waals surface area (Å²) in [7, 11) is 3.23. The average molecular weight is 264 g/mol. The van der Waals surface area contributed by atoms with Crippen molar-refractivity contribution in [3.05, 3.63) is 18.2 Å². The van der Waals surface area contributed by atoms with E-state index in [1.54, 1.807) is 14.2 Å². The van der Waals surface area contributed by atoms with Crippen LogP contribution in [-0.4, -0.2) is 32.7 Å². The Morgan fingerprint density at radius 2 is 2.11 bits per heavy atom. The van der Waals surface area contributed by atoms with E-state index in [1.807, 2.05) is 18.2 Å². The minimum atomic E-state index is 0.0995. The number of hydrogen-bond acceptors (Lipinski definition) is 4. The molecule has 0 aliphatic heterocycles. The monoisotopic (exact) mass is 264 g/mol. The first-order chi connectivity index (χ1) is 9.22. The van der Waals surface area contributed by atoms with Crippen LogP contribution in [0.3, 0.4) is 0 Å². The van der Waals surface area contributed by atoms with Crippen molar-refractivity contribution < 1.29 is 14.3 Å². The van der Waals surface area contributed by atoms with Gasteiger partial charge in [0.15, 0.2) is 0 Å². The van der Waals surface area contributed by atoms with Crippen molar-refractivity contribution in [2.24, 2.45) is 0 Å². The molecule has 1 aromatic rings. The van der Waals surface area contributed by atoms with Gasteiger partial charge in [0, 0.05) is 25.1 Å². The summed E-state index contributed by atoms with van der Waals surface area (Å²) in [5, 5.41) is 6.16. The Bertz CT molecular complexity index is 444. The number of carbonyl (C=O) groups excluding carboxylic acids is 1. The topological polar surface area (TPSA) is 59.6 Å². The van der Waals surface area contributed by atoms with Gasteiger partial charge in [-0.1, -0.05) is 0 Å². The van der Waals surface area contributed by atoms with Gasteiger partial charge < -0.3 is 20.1 Å². The Balaban J connectivity index is 1.82. The molecule has 1 aliphatic rings. The van der Waals surface area contributed by atoms with Crippen molar-refractivity contribution in [2.45, 2.75) is 25.3 Å². The van der Waals surface area contributed by atoms with Gasteiger partial charge in [0.05, 0.1) is 19.9 Å². The SMILES string of the molecule is COc1ccc(NCCC(=O)NC2CC2)c(OC)c1. The molecule has 0 bridgehead atoms. The Morgan fingerprint density at radius 3 is 2.74 bits per heavy atom. The molecule has 0 atom stereocenters. The Labute approximate surface area is 113 Å². The molecule has 0 saturated heterocycles. The number of methoxy groups -OCH3 is 2. The third kappa shape index (κ3) is 4.05. The quantitative estimate of drug-likeness (QED) is 0.788. The fourth-order valence-corrected chi connectivity index (χ4v) is 1.78. The maximum Gasteiger partial charge on any atom is 0.221 e. The lowest BCUT2D eigenvalue weighted by atomic mass is 10.2. The van der Waals surface area contributed by atoms with E-state index in [4.69, 9.17) is 9.47 Å². The Hall–Kier alpha value is -1.91. The summed E-state index contributed by atoms with van der Waals surface area (Å²) in [6, 6.07) is 5.97. The highest BCUT2D eigenvalue weighted by atomic mass is 16.5. The van der Waals surface area contributed by atoms with Crippen molar-refractivity contribution in [1.29, 1.82) is 0 Å². The second kappa shape index (κ2) is 6.31. The van der Waals surface area contributed by atoms with Crippen LogP contribution in [0.1, 0.15) is 19.3 Å². The second-order valence-corrected chi connectivity index (χ2v) is 4.58. The van der Waals surface area contributed by atoms with Crippen molar-refractivity contribution >= 4 is 11.6 Å². The van der Waals surface area contributed by atoms with E-state index in [0.717, 1.165) is 24.3 Å². The van der Waals surface area contributed by atoms with Gasteiger partial charge in [-0.05, 0) is 25.0 Å². The van der Waals surface area contributed by atoms with E-state index in [0.29, 0.717) is 24.8 Å². The molecule has 19 heavy (non-hydrogen) atoms. The number of benzene rings is 1. The predicted molar refractivity (Wildman–Crippen MR) is 73.8 cm³/mol. The van der Waals surface area contributed by atoms with Crippen LogP contribution in [-0.2, 0) is 4.79 Å². The van der Waals surface area contributed by atoms with Gasteiger partial charge in [-0.15, -0.1) is 0 Å². The first-order valence-electron chi connectivity index (χ1n) is 6.48. The number of anilines is 1. The standard InChI is InChI=1S/C14H20N2O3/c1-18-11-5-6-12(13(9-11)19-2)15-8-7-14(17)16-10-3-4-10/h5-6,9-10,15H,3-4,7-8H2,1-2H3,(H,16,17). The van der Waals surface area contributed by atoms with Gasteiger partial charge in [0.2, 0.25) is 5.91 Å². The van der Waals surface area contributed by atoms with Crippen LogP contribution in [0.5, 0.6) is 11.5 Å². The molecule has 5 heteroatoms. The molecule has 1 fully saturated rings. The summed E-state index contributed by atoms with van der Waals surface area (Å²) < 4.78 is 10.4. The maximum atomic E-state index is 11.5. The summed E-state index contributed by atoms with van der Waals surface area (Å²) in [4.78, 5) is 11.5. The summed E-state index contributed by atoms with van der Waals surface area (Å²) in [5.74, 6) is 1.55. The normalized spacial score (nSPS) is 13.8. The lowest BCUT2D eigenvalue weighted by molar-refractivity contribution is -0.120. The predicted octanol–water partition coefficient (Wildman–Crippen LogP) is 1.78. The van der Waals surface area contributed by atoms with Crippen molar-refractivity contribution in [2.75, 3.05) is 26.1 Å². The molecule has 5 nitrogen and oxygen atoms in total. The molecule has 1 saturated carbocycles. The van der Waals surface area contributed by atoms with Gasteiger partial charge in [-0.3, -0.25) is 4.79 Å². The highest BCUT2D eigenvalue weighted by molar-refractivity contribution is 5.77. The minimum Gasteiger partial charge on any atom is -0.497 e. The zero-order valence-corrected chi connectivity index (χ0v) is 11.4. The lowest BCUT2D eigenvalue weighted by Crippen LogP contribution is -2.27. The van der Waals surface area contributed by atoms with Crippen LogP contribution < -0.4 is 20.1 Å². The third-order valence-electron chi connectivity index (χ3n) is 3.02.